The summed E-state index contributed by atoms with van der Waals surface area (Å²) in [6, 6.07) is 8.23. The first kappa shape index (κ1) is 16.5. The maximum absolute atomic E-state index is 12.5. The van der Waals surface area contributed by atoms with Crippen LogP contribution in [-0.4, -0.2) is 17.0 Å². The molecule has 0 atom stereocenters. The smallest absolute Gasteiger partial charge is 0.416 e. The van der Waals surface area contributed by atoms with E-state index in [2.05, 4.69) is 5.32 Å². The summed E-state index contributed by atoms with van der Waals surface area (Å²) in [5.41, 5.74) is -0.385. The van der Waals surface area contributed by atoms with Gasteiger partial charge < -0.3 is 10.4 Å². The zero-order valence-corrected chi connectivity index (χ0v) is 11.9. The highest BCUT2D eigenvalue weighted by atomic mass is 19.4. The molecule has 0 spiro atoms. The average Bonchev–Trinajstić information content (AvgIpc) is 2.46. The molecule has 7 heteroatoms. The van der Waals surface area contributed by atoms with Crippen LogP contribution in [0.4, 0.5) is 18.9 Å². The number of aromatic carboxylic acids is 1. The second kappa shape index (κ2) is 6.12. The highest BCUT2D eigenvalue weighted by molar-refractivity contribution is 6.08. The molecule has 0 aliphatic heterocycles. The van der Waals surface area contributed by atoms with Crippen LogP contribution in [0.3, 0.4) is 0 Å². The van der Waals surface area contributed by atoms with Gasteiger partial charge in [0, 0.05) is 5.56 Å². The molecule has 23 heavy (non-hydrogen) atoms. The van der Waals surface area contributed by atoms with Gasteiger partial charge in [-0.3, -0.25) is 4.79 Å². The molecule has 0 unspecified atom stereocenters. The van der Waals surface area contributed by atoms with Crippen LogP contribution in [0, 0.1) is 6.92 Å². The molecular formula is C16H12F3NO3. The number of aryl methyl sites for hydroxylation is 1. The number of hydrogen-bond acceptors (Lipinski definition) is 2. The van der Waals surface area contributed by atoms with Gasteiger partial charge in [0.2, 0.25) is 0 Å². The fourth-order valence-corrected chi connectivity index (χ4v) is 2.06. The third kappa shape index (κ3) is 3.68. The molecule has 0 aliphatic carbocycles. The molecule has 0 heterocycles. The fraction of sp³-hybridized carbons (Fsp3) is 0.125. The Bertz CT molecular complexity index is 752. The van der Waals surface area contributed by atoms with Gasteiger partial charge in [-0.05, 0) is 42.8 Å². The first-order valence-corrected chi connectivity index (χ1v) is 6.51. The van der Waals surface area contributed by atoms with Crippen LogP contribution in [-0.2, 0) is 6.18 Å². The van der Waals surface area contributed by atoms with E-state index < -0.39 is 23.6 Å². The Morgan fingerprint density at radius 3 is 2.17 bits per heavy atom. The second-order valence-corrected chi connectivity index (χ2v) is 4.83. The summed E-state index contributed by atoms with van der Waals surface area (Å²) >= 11 is 0. The van der Waals surface area contributed by atoms with E-state index in [0.717, 1.165) is 24.3 Å². The molecule has 120 valence electrons. The quantitative estimate of drug-likeness (QED) is 0.898. The van der Waals surface area contributed by atoms with Crippen LogP contribution >= 0.6 is 0 Å². The van der Waals surface area contributed by atoms with Crippen molar-refractivity contribution in [2.45, 2.75) is 13.1 Å². The third-order valence-electron chi connectivity index (χ3n) is 3.21. The van der Waals surface area contributed by atoms with Crippen molar-refractivity contribution in [1.82, 2.24) is 0 Å². The molecule has 0 aliphatic rings. The lowest BCUT2D eigenvalue weighted by atomic mass is 10.1. The maximum atomic E-state index is 12.5. The highest BCUT2D eigenvalue weighted by Gasteiger charge is 2.30. The van der Waals surface area contributed by atoms with Gasteiger partial charge in [-0.1, -0.05) is 12.1 Å². The van der Waals surface area contributed by atoms with Crippen LogP contribution in [0.5, 0.6) is 0 Å². The molecule has 2 rings (SSSR count). The van der Waals surface area contributed by atoms with Crippen molar-refractivity contribution in [2.75, 3.05) is 5.32 Å². The number of carbonyl (C=O) groups is 2. The number of carboxylic acid groups (broad SMARTS) is 1. The molecule has 0 saturated carbocycles. The first-order valence-electron chi connectivity index (χ1n) is 6.51. The minimum atomic E-state index is -4.48. The summed E-state index contributed by atoms with van der Waals surface area (Å²) in [6.07, 6.45) is -4.48. The van der Waals surface area contributed by atoms with Crippen LogP contribution in [0.25, 0.3) is 0 Å². The molecule has 2 aromatic rings. The number of alkyl halides is 3. The molecule has 0 radical (unpaired) electrons. The topological polar surface area (TPSA) is 66.4 Å². The van der Waals surface area contributed by atoms with Gasteiger partial charge >= 0.3 is 12.1 Å². The van der Waals surface area contributed by atoms with Crippen molar-refractivity contribution < 1.29 is 27.9 Å². The minimum absolute atomic E-state index is 0.00385. The van der Waals surface area contributed by atoms with Crippen LogP contribution < -0.4 is 5.32 Å². The Kier molecular flexibility index (Phi) is 4.40. The minimum Gasteiger partial charge on any atom is -0.478 e. The summed E-state index contributed by atoms with van der Waals surface area (Å²) < 4.78 is 37.5. The average molecular weight is 323 g/mol. The predicted octanol–water partition coefficient (Wildman–Crippen LogP) is 3.96. The van der Waals surface area contributed by atoms with E-state index in [0.29, 0.717) is 5.56 Å². The lowest BCUT2D eigenvalue weighted by Gasteiger charge is -2.11. The Hall–Kier alpha value is -2.83. The number of carboxylic acids is 1. The predicted molar refractivity (Wildman–Crippen MR) is 77.5 cm³/mol. The lowest BCUT2D eigenvalue weighted by molar-refractivity contribution is -0.137. The molecular weight excluding hydrogens is 311 g/mol. The summed E-state index contributed by atoms with van der Waals surface area (Å²) in [5, 5.41) is 11.6. The molecule has 0 bridgehead atoms. The third-order valence-corrected chi connectivity index (χ3v) is 3.21. The Morgan fingerprint density at radius 2 is 1.65 bits per heavy atom. The van der Waals surface area contributed by atoms with Gasteiger partial charge in [0.1, 0.15) is 0 Å². The van der Waals surface area contributed by atoms with Crippen molar-refractivity contribution in [3.05, 3.63) is 64.7 Å². The van der Waals surface area contributed by atoms with Crippen molar-refractivity contribution in [1.29, 1.82) is 0 Å². The summed E-state index contributed by atoms with van der Waals surface area (Å²) in [7, 11) is 0. The molecule has 0 saturated heterocycles. The van der Waals surface area contributed by atoms with E-state index in [1.807, 2.05) is 0 Å². The molecule has 4 nitrogen and oxygen atoms in total. The van der Waals surface area contributed by atoms with Gasteiger partial charge in [0.05, 0.1) is 16.8 Å². The second-order valence-electron chi connectivity index (χ2n) is 4.83. The molecule has 0 aromatic heterocycles. The number of hydrogen-bond donors (Lipinski definition) is 2. The van der Waals surface area contributed by atoms with Gasteiger partial charge in [-0.15, -0.1) is 0 Å². The number of anilines is 1. The highest BCUT2D eigenvalue weighted by Crippen LogP contribution is 2.29. The maximum Gasteiger partial charge on any atom is 0.416 e. The van der Waals surface area contributed by atoms with E-state index in [1.165, 1.54) is 6.07 Å². The zero-order valence-electron chi connectivity index (χ0n) is 11.9. The standard InChI is InChI=1S/C16H12F3NO3/c1-9-3-2-4-12(13(9)15(22)23)20-14(21)10-5-7-11(8-6-10)16(17,18)19/h2-8H,1H3,(H,20,21)(H,22,23). The molecule has 1 amide bonds. The summed E-state index contributed by atoms with van der Waals surface area (Å²) in [6.45, 7) is 1.58. The van der Waals surface area contributed by atoms with Gasteiger partial charge in [-0.25, -0.2) is 4.79 Å². The number of nitrogens with one attached hydrogen (secondary N) is 1. The first-order chi connectivity index (χ1) is 10.7. The number of halogens is 3. The SMILES string of the molecule is Cc1cccc(NC(=O)c2ccc(C(F)(F)F)cc2)c1C(=O)O. The van der Waals surface area contributed by atoms with E-state index in [9.17, 15) is 27.9 Å². The van der Waals surface area contributed by atoms with Crippen LogP contribution in [0.15, 0.2) is 42.5 Å². The van der Waals surface area contributed by atoms with E-state index >= 15 is 0 Å². The monoisotopic (exact) mass is 323 g/mol. The Balaban J connectivity index is 2.27. The van der Waals surface area contributed by atoms with Crippen molar-refractivity contribution >= 4 is 17.6 Å². The summed E-state index contributed by atoms with van der Waals surface area (Å²) in [5.74, 6) is -1.89. The van der Waals surface area contributed by atoms with E-state index in [4.69, 9.17) is 0 Å². The molecule has 2 aromatic carbocycles. The zero-order chi connectivity index (χ0) is 17.2. The fourth-order valence-electron chi connectivity index (χ4n) is 2.06. The molecule has 0 fully saturated rings. The largest absolute Gasteiger partial charge is 0.478 e. The lowest BCUT2D eigenvalue weighted by Crippen LogP contribution is -2.16. The van der Waals surface area contributed by atoms with Crippen molar-refractivity contribution in [3.63, 3.8) is 0 Å². The van der Waals surface area contributed by atoms with Crippen LogP contribution in [0.2, 0.25) is 0 Å². The van der Waals surface area contributed by atoms with E-state index in [-0.39, 0.29) is 16.8 Å². The van der Waals surface area contributed by atoms with Gasteiger partial charge in [-0.2, -0.15) is 13.2 Å². The normalized spacial score (nSPS) is 11.1. The Labute approximate surface area is 129 Å². The number of rotatable bonds is 3. The molecule has 2 N–H and O–H groups in total. The van der Waals surface area contributed by atoms with Crippen molar-refractivity contribution in [3.8, 4) is 0 Å². The number of amides is 1. The number of benzene rings is 2. The number of carbonyl (C=O) groups excluding carboxylic acids is 1. The van der Waals surface area contributed by atoms with Crippen LogP contribution in [0.1, 0.15) is 31.8 Å². The van der Waals surface area contributed by atoms with E-state index in [1.54, 1.807) is 19.1 Å². The summed E-state index contributed by atoms with van der Waals surface area (Å²) in [4.78, 5) is 23.3. The Morgan fingerprint density at radius 1 is 1.04 bits per heavy atom. The van der Waals surface area contributed by atoms with Crippen molar-refractivity contribution in [2.24, 2.45) is 0 Å². The van der Waals surface area contributed by atoms with Gasteiger partial charge in [0.15, 0.2) is 0 Å². The van der Waals surface area contributed by atoms with Gasteiger partial charge in [0.25, 0.3) is 5.91 Å².